The summed E-state index contributed by atoms with van der Waals surface area (Å²) >= 11 is 0. The van der Waals surface area contributed by atoms with Gasteiger partial charge in [0.05, 0.1) is 6.20 Å². The van der Waals surface area contributed by atoms with Crippen LogP contribution in [0.1, 0.15) is 13.3 Å². The van der Waals surface area contributed by atoms with Crippen LogP contribution in [-0.4, -0.2) is 53.4 Å². The predicted octanol–water partition coefficient (Wildman–Crippen LogP) is 3.21. The molecule has 1 aromatic heterocycles. The summed E-state index contributed by atoms with van der Waals surface area (Å²) in [5.74, 6) is 1.67. The first kappa shape index (κ1) is 18.7. The van der Waals surface area contributed by atoms with Crippen molar-refractivity contribution in [1.29, 1.82) is 0 Å². The molecule has 7 heteroatoms. The standard InChI is InChI=1S/C20H24N4O3/c1-3-24-14-15(11-19(24)25)13-23(2)20(26)22-16-6-8-17(9-7-16)27-18-5-4-10-21-12-18/h4-10,12,15H,3,11,13-14H2,1-2H3,(H,22,26)/t15-/m0/s1. The molecule has 2 aromatic rings. The Hall–Kier alpha value is -3.09. The maximum absolute atomic E-state index is 12.4. The largest absolute Gasteiger partial charge is 0.456 e. The lowest BCUT2D eigenvalue weighted by molar-refractivity contribution is -0.127. The summed E-state index contributed by atoms with van der Waals surface area (Å²) in [6.45, 7) is 3.96. The number of likely N-dealkylation sites (tertiary alicyclic amines) is 1. The number of ether oxygens (including phenoxy) is 1. The molecule has 1 aliphatic rings. The van der Waals surface area contributed by atoms with Crippen LogP contribution >= 0.6 is 0 Å². The topological polar surface area (TPSA) is 74.8 Å². The Morgan fingerprint density at radius 1 is 1.30 bits per heavy atom. The monoisotopic (exact) mass is 368 g/mol. The number of nitrogens with zero attached hydrogens (tertiary/aromatic N) is 3. The maximum atomic E-state index is 12.4. The van der Waals surface area contributed by atoms with E-state index in [4.69, 9.17) is 4.74 Å². The van der Waals surface area contributed by atoms with Crippen molar-refractivity contribution in [3.05, 3.63) is 48.8 Å². The minimum atomic E-state index is -0.196. The number of rotatable bonds is 6. The number of hydrogen-bond acceptors (Lipinski definition) is 4. The molecular formula is C20H24N4O3. The first-order chi connectivity index (χ1) is 13.0. The lowest BCUT2D eigenvalue weighted by Gasteiger charge is -2.21. The molecule has 0 spiro atoms. The second kappa shape index (κ2) is 8.53. The van der Waals surface area contributed by atoms with Gasteiger partial charge in [0, 0.05) is 50.9 Å². The van der Waals surface area contributed by atoms with Crippen LogP contribution in [-0.2, 0) is 4.79 Å². The van der Waals surface area contributed by atoms with Gasteiger partial charge >= 0.3 is 6.03 Å². The molecule has 1 aromatic carbocycles. The van der Waals surface area contributed by atoms with Crippen LogP contribution in [0.2, 0.25) is 0 Å². The summed E-state index contributed by atoms with van der Waals surface area (Å²) < 4.78 is 5.68. The summed E-state index contributed by atoms with van der Waals surface area (Å²) in [4.78, 5) is 31.7. The van der Waals surface area contributed by atoms with Crippen molar-refractivity contribution in [1.82, 2.24) is 14.8 Å². The first-order valence-corrected chi connectivity index (χ1v) is 9.03. The van der Waals surface area contributed by atoms with Gasteiger partial charge in [-0.2, -0.15) is 0 Å². The third kappa shape index (κ3) is 4.97. The smallest absolute Gasteiger partial charge is 0.321 e. The summed E-state index contributed by atoms with van der Waals surface area (Å²) in [7, 11) is 1.74. The van der Waals surface area contributed by atoms with E-state index in [0.717, 1.165) is 6.54 Å². The summed E-state index contributed by atoms with van der Waals surface area (Å²) in [5, 5.41) is 2.86. The van der Waals surface area contributed by atoms with Crippen molar-refractivity contribution in [3.8, 4) is 11.5 Å². The third-order valence-electron chi connectivity index (χ3n) is 4.53. The highest BCUT2D eigenvalue weighted by atomic mass is 16.5. The van der Waals surface area contributed by atoms with Gasteiger partial charge in [-0.25, -0.2) is 4.79 Å². The van der Waals surface area contributed by atoms with Gasteiger partial charge < -0.3 is 19.9 Å². The minimum Gasteiger partial charge on any atom is -0.456 e. The minimum absolute atomic E-state index is 0.167. The van der Waals surface area contributed by atoms with E-state index >= 15 is 0 Å². The van der Waals surface area contributed by atoms with Gasteiger partial charge in [0.1, 0.15) is 11.5 Å². The zero-order chi connectivity index (χ0) is 19.2. The molecule has 2 heterocycles. The molecule has 142 valence electrons. The molecule has 1 aliphatic heterocycles. The van der Waals surface area contributed by atoms with Crippen LogP contribution in [0.4, 0.5) is 10.5 Å². The van der Waals surface area contributed by atoms with Crippen molar-refractivity contribution in [3.63, 3.8) is 0 Å². The fourth-order valence-electron chi connectivity index (χ4n) is 3.12. The summed E-state index contributed by atoms with van der Waals surface area (Å²) in [6, 6.07) is 10.6. The molecule has 0 unspecified atom stereocenters. The zero-order valence-electron chi connectivity index (χ0n) is 15.6. The fourth-order valence-corrected chi connectivity index (χ4v) is 3.12. The Morgan fingerprint density at radius 3 is 2.70 bits per heavy atom. The molecule has 7 nitrogen and oxygen atoms in total. The maximum Gasteiger partial charge on any atom is 0.321 e. The number of urea groups is 1. The molecule has 1 atom stereocenters. The molecule has 0 bridgehead atoms. The quantitative estimate of drug-likeness (QED) is 0.850. The fraction of sp³-hybridized carbons (Fsp3) is 0.350. The van der Waals surface area contributed by atoms with Gasteiger partial charge in [0.15, 0.2) is 0 Å². The Kier molecular flexibility index (Phi) is 5.90. The number of carbonyl (C=O) groups is 2. The SMILES string of the molecule is CCN1C[C@H](CN(C)C(=O)Nc2ccc(Oc3cccnc3)cc2)CC1=O. The average molecular weight is 368 g/mol. The first-order valence-electron chi connectivity index (χ1n) is 9.03. The average Bonchev–Trinajstić information content (AvgIpc) is 3.03. The van der Waals surface area contributed by atoms with Crippen molar-refractivity contribution < 1.29 is 14.3 Å². The normalized spacial score (nSPS) is 16.3. The van der Waals surface area contributed by atoms with E-state index < -0.39 is 0 Å². The van der Waals surface area contributed by atoms with E-state index in [9.17, 15) is 9.59 Å². The van der Waals surface area contributed by atoms with Crippen molar-refractivity contribution in [2.24, 2.45) is 5.92 Å². The van der Waals surface area contributed by atoms with Crippen molar-refractivity contribution >= 4 is 17.6 Å². The molecule has 0 aliphatic carbocycles. The Bertz CT molecular complexity index is 780. The van der Waals surface area contributed by atoms with E-state index in [1.54, 1.807) is 54.7 Å². The van der Waals surface area contributed by atoms with Gasteiger partial charge in [0.2, 0.25) is 5.91 Å². The van der Waals surface area contributed by atoms with Gasteiger partial charge in [-0.1, -0.05) is 0 Å². The number of anilines is 1. The lowest BCUT2D eigenvalue weighted by Crippen LogP contribution is -2.36. The number of aromatic nitrogens is 1. The van der Waals surface area contributed by atoms with Crippen LogP contribution in [0.3, 0.4) is 0 Å². The van der Waals surface area contributed by atoms with Crippen molar-refractivity contribution in [2.45, 2.75) is 13.3 Å². The van der Waals surface area contributed by atoms with E-state index in [1.807, 2.05) is 17.9 Å². The van der Waals surface area contributed by atoms with Crippen molar-refractivity contribution in [2.75, 3.05) is 32.0 Å². The van der Waals surface area contributed by atoms with Gasteiger partial charge in [-0.05, 0) is 43.3 Å². The lowest BCUT2D eigenvalue weighted by atomic mass is 10.1. The van der Waals surface area contributed by atoms with Gasteiger partial charge in [0.25, 0.3) is 0 Å². The van der Waals surface area contributed by atoms with Crippen LogP contribution in [0.25, 0.3) is 0 Å². The zero-order valence-corrected chi connectivity index (χ0v) is 15.6. The Labute approximate surface area is 158 Å². The number of benzene rings is 1. The second-order valence-corrected chi connectivity index (χ2v) is 6.63. The van der Waals surface area contributed by atoms with Crippen LogP contribution in [0.15, 0.2) is 48.8 Å². The highest BCUT2D eigenvalue weighted by Crippen LogP contribution is 2.22. The highest BCUT2D eigenvalue weighted by molar-refractivity contribution is 5.89. The van der Waals surface area contributed by atoms with E-state index in [1.165, 1.54) is 0 Å². The molecule has 3 amide bonds. The molecule has 1 N–H and O–H groups in total. The highest BCUT2D eigenvalue weighted by Gasteiger charge is 2.29. The number of amides is 3. The van der Waals surface area contributed by atoms with E-state index in [2.05, 4.69) is 10.3 Å². The number of carbonyl (C=O) groups excluding carboxylic acids is 2. The third-order valence-corrected chi connectivity index (χ3v) is 4.53. The molecule has 1 saturated heterocycles. The van der Waals surface area contributed by atoms with Gasteiger partial charge in [-0.3, -0.25) is 9.78 Å². The van der Waals surface area contributed by atoms with E-state index in [-0.39, 0.29) is 17.9 Å². The number of hydrogen-bond donors (Lipinski definition) is 1. The second-order valence-electron chi connectivity index (χ2n) is 6.63. The molecule has 0 radical (unpaired) electrons. The molecular weight excluding hydrogens is 344 g/mol. The predicted molar refractivity (Wildman–Crippen MR) is 103 cm³/mol. The van der Waals surface area contributed by atoms with Gasteiger partial charge in [-0.15, -0.1) is 0 Å². The molecule has 1 fully saturated rings. The number of pyridine rings is 1. The molecule has 0 saturated carbocycles. The van der Waals surface area contributed by atoms with Crippen LogP contribution in [0, 0.1) is 5.92 Å². The Balaban J connectivity index is 1.50. The number of nitrogens with one attached hydrogen (secondary N) is 1. The Morgan fingerprint density at radius 2 is 2.07 bits per heavy atom. The molecule has 27 heavy (non-hydrogen) atoms. The summed E-state index contributed by atoms with van der Waals surface area (Å²) in [6.07, 6.45) is 3.83. The summed E-state index contributed by atoms with van der Waals surface area (Å²) in [5.41, 5.74) is 0.683. The van der Waals surface area contributed by atoms with E-state index in [0.29, 0.717) is 36.7 Å². The molecule has 3 rings (SSSR count). The van der Waals surface area contributed by atoms with Crippen LogP contribution < -0.4 is 10.1 Å². The van der Waals surface area contributed by atoms with Crippen LogP contribution in [0.5, 0.6) is 11.5 Å².